The molecule has 0 fully saturated rings. The van der Waals surface area contributed by atoms with E-state index < -0.39 is 0 Å². The minimum Gasteiger partial charge on any atom is -0.333 e. The number of carbonyl (C=O) groups is 1. The Labute approximate surface area is 141 Å². The van der Waals surface area contributed by atoms with E-state index in [1.807, 2.05) is 80.9 Å². The Balaban J connectivity index is 1.96. The first-order valence-electron chi connectivity index (χ1n) is 7.96. The van der Waals surface area contributed by atoms with E-state index in [-0.39, 0.29) is 11.6 Å². The zero-order valence-corrected chi connectivity index (χ0v) is 14.4. The molecule has 5 nitrogen and oxygen atoms in total. The van der Waals surface area contributed by atoms with Crippen molar-refractivity contribution in [2.75, 3.05) is 5.32 Å². The zero-order chi connectivity index (χ0) is 17.3. The van der Waals surface area contributed by atoms with Crippen LogP contribution in [0.5, 0.6) is 0 Å². The minimum absolute atomic E-state index is 0.227. The first-order valence-corrected chi connectivity index (χ1v) is 7.96. The molecule has 0 aliphatic rings. The van der Waals surface area contributed by atoms with Gasteiger partial charge in [0.25, 0.3) is 0 Å². The minimum atomic E-state index is -0.292. The van der Waals surface area contributed by atoms with Crippen LogP contribution in [0.15, 0.2) is 48.8 Å². The Bertz CT molecular complexity index is 890. The van der Waals surface area contributed by atoms with Crippen LogP contribution in [0.4, 0.5) is 10.5 Å². The maximum Gasteiger partial charge on any atom is 0.319 e. The highest BCUT2D eigenvalue weighted by atomic mass is 16.2. The highest BCUT2D eigenvalue weighted by molar-refractivity contribution is 5.94. The van der Waals surface area contributed by atoms with E-state index in [1.165, 1.54) is 0 Å². The van der Waals surface area contributed by atoms with Gasteiger partial charge in [0.2, 0.25) is 0 Å². The van der Waals surface area contributed by atoms with Gasteiger partial charge in [-0.15, -0.1) is 0 Å². The number of rotatable bonds is 2. The van der Waals surface area contributed by atoms with Gasteiger partial charge in [0.1, 0.15) is 5.65 Å². The van der Waals surface area contributed by atoms with E-state index in [2.05, 4.69) is 10.6 Å². The van der Waals surface area contributed by atoms with Gasteiger partial charge in [0.05, 0.1) is 11.4 Å². The van der Waals surface area contributed by atoms with Gasteiger partial charge in [-0.2, -0.15) is 0 Å². The van der Waals surface area contributed by atoms with E-state index in [4.69, 9.17) is 4.98 Å². The summed E-state index contributed by atoms with van der Waals surface area (Å²) in [7, 11) is 0. The predicted octanol–water partition coefficient (Wildman–Crippen LogP) is 4.23. The summed E-state index contributed by atoms with van der Waals surface area (Å²) in [5.41, 5.74) is 4.20. The number of urea groups is 1. The Kier molecular flexibility index (Phi) is 4.01. The number of imidazole rings is 1. The van der Waals surface area contributed by atoms with Crippen LogP contribution in [-0.2, 0) is 0 Å². The molecule has 0 saturated heterocycles. The highest BCUT2D eigenvalue weighted by Gasteiger charge is 2.16. The number of hydrogen-bond acceptors (Lipinski definition) is 2. The molecule has 1 aromatic carbocycles. The number of pyridine rings is 1. The summed E-state index contributed by atoms with van der Waals surface area (Å²) in [6.45, 7) is 7.88. The van der Waals surface area contributed by atoms with E-state index in [1.54, 1.807) is 0 Å². The topological polar surface area (TPSA) is 58.4 Å². The smallest absolute Gasteiger partial charge is 0.319 e. The number of benzene rings is 1. The number of amides is 2. The number of fused-ring (bicyclic) bond motifs is 1. The van der Waals surface area contributed by atoms with Gasteiger partial charge in [-0.1, -0.05) is 24.3 Å². The quantitative estimate of drug-likeness (QED) is 0.742. The molecule has 2 N–H and O–H groups in total. The number of nitrogens with zero attached hydrogens (tertiary/aromatic N) is 2. The van der Waals surface area contributed by atoms with E-state index in [0.717, 1.165) is 28.2 Å². The third-order valence-electron chi connectivity index (χ3n) is 3.62. The van der Waals surface area contributed by atoms with Crippen LogP contribution in [0, 0.1) is 6.92 Å². The first-order chi connectivity index (χ1) is 11.3. The second kappa shape index (κ2) is 6.00. The van der Waals surface area contributed by atoms with Crippen molar-refractivity contribution in [3.05, 3.63) is 54.4 Å². The molecular weight excluding hydrogens is 300 g/mol. The number of nitrogens with one attached hydrogen (secondary N) is 2. The Morgan fingerprint density at radius 2 is 1.88 bits per heavy atom. The Morgan fingerprint density at radius 3 is 2.58 bits per heavy atom. The molecular formula is C19H22N4O. The fraction of sp³-hybridized carbons (Fsp3) is 0.263. The van der Waals surface area contributed by atoms with Crippen LogP contribution in [0.3, 0.4) is 0 Å². The Hall–Kier alpha value is -2.82. The summed E-state index contributed by atoms with van der Waals surface area (Å²) >= 11 is 0. The van der Waals surface area contributed by atoms with Crippen molar-refractivity contribution in [2.45, 2.75) is 33.2 Å². The van der Waals surface area contributed by atoms with Gasteiger partial charge in [0, 0.05) is 23.5 Å². The molecule has 0 aliphatic heterocycles. The van der Waals surface area contributed by atoms with Crippen LogP contribution >= 0.6 is 0 Å². The maximum absolute atomic E-state index is 12.2. The number of para-hydroxylation sites is 1. The Morgan fingerprint density at radius 1 is 1.12 bits per heavy atom. The average molecular weight is 322 g/mol. The van der Waals surface area contributed by atoms with Crippen LogP contribution in [-0.4, -0.2) is 21.0 Å². The lowest BCUT2D eigenvalue weighted by Crippen LogP contribution is -2.43. The van der Waals surface area contributed by atoms with Crippen LogP contribution in [0.2, 0.25) is 0 Å². The van der Waals surface area contributed by atoms with Crippen molar-refractivity contribution in [3.8, 4) is 11.3 Å². The number of hydrogen-bond donors (Lipinski definition) is 2. The normalized spacial score (nSPS) is 11.5. The van der Waals surface area contributed by atoms with Gasteiger partial charge < -0.3 is 15.0 Å². The van der Waals surface area contributed by atoms with E-state index in [0.29, 0.717) is 0 Å². The fourth-order valence-corrected chi connectivity index (χ4v) is 2.59. The summed E-state index contributed by atoms with van der Waals surface area (Å²) in [5, 5.41) is 5.83. The summed E-state index contributed by atoms with van der Waals surface area (Å²) in [6.07, 6.45) is 3.95. The van der Waals surface area contributed by atoms with Crippen molar-refractivity contribution in [1.29, 1.82) is 0 Å². The van der Waals surface area contributed by atoms with E-state index >= 15 is 0 Å². The number of aryl methyl sites for hydroxylation is 1. The summed E-state index contributed by atoms with van der Waals surface area (Å²) in [4.78, 5) is 16.9. The third kappa shape index (κ3) is 3.40. The predicted molar refractivity (Wildman–Crippen MR) is 97.3 cm³/mol. The van der Waals surface area contributed by atoms with Gasteiger partial charge >= 0.3 is 6.03 Å². The zero-order valence-electron chi connectivity index (χ0n) is 14.4. The molecule has 124 valence electrons. The second-order valence-corrected chi connectivity index (χ2v) is 6.92. The van der Waals surface area contributed by atoms with Crippen LogP contribution < -0.4 is 10.6 Å². The standard InChI is InChI=1S/C19H22N4O/c1-13-8-7-11-23-12-16(20-17(13)23)14-9-5-6-10-15(14)21-18(24)22-19(2,3)4/h5-12H,1-4H3,(H2,21,22,24). The molecule has 2 amide bonds. The number of carbonyl (C=O) groups excluding carboxylic acids is 1. The molecule has 0 atom stereocenters. The van der Waals surface area contributed by atoms with Crippen LogP contribution in [0.25, 0.3) is 16.9 Å². The average Bonchev–Trinajstić information content (AvgIpc) is 2.91. The fourth-order valence-electron chi connectivity index (χ4n) is 2.59. The molecule has 0 spiro atoms. The van der Waals surface area contributed by atoms with Gasteiger partial charge in [-0.3, -0.25) is 0 Å². The molecule has 2 aromatic heterocycles. The van der Waals surface area contributed by atoms with Crippen molar-refractivity contribution in [2.24, 2.45) is 0 Å². The molecule has 0 unspecified atom stereocenters. The molecule has 5 heteroatoms. The van der Waals surface area contributed by atoms with E-state index in [9.17, 15) is 4.79 Å². The van der Waals surface area contributed by atoms with Crippen molar-refractivity contribution >= 4 is 17.4 Å². The highest BCUT2D eigenvalue weighted by Crippen LogP contribution is 2.28. The second-order valence-electron chi connectivity index (χ2n) is 6.92. The lowest BCUT2D eigenvalue weighted by Gasteiger charge is -2.21. The molecule has 3 aromatic rings. The molecule has 0 radical (unpaired) electrons. The largest absolute Gasteiger partial charge is 0.333 e. The molecule has 24 heavy (non-hydrogen) atoms. The molecule has 0 aliphatic carbocycles. The lowest BCUT2D eigenvalue weighted by atomic mass is 10.1. The number of aromatic nitrogens is 2. The van der Waals surface area contributed by atoms with Gasteiger partial charge in [0.15, 0.2) is 0 Å². The van der Waals surface area contributed by atoms with Crippen molar-refractivity contribution in [3.63, 3.8) is 0 Å². The monoisotopic (exact) mass is 322 g/mol. The molecule has 3 rings (SSSR count). The summed E-state index contributed by atoms with van der Waals surface area (Å²) < 4.78 is 2.00. The van der Waals surface area contributed by atoms with Crippen molar-refractivity contribution < 1.29 is 4.79 Å². The molecule has 0 saturated carbocycles. The van der Waals surface area contributed by atoms with Crippen LogP contribution in [0.1, 0.15) is 26.3 Å². The molecule has 0 bridgehead atoms. The summed E-state index contributed by atoms with van der Waals surface area (Å²) in [6, 6.07) is 11.5. The van der Waals surface area contributed by atoms with Gasteiger partial charge in [-0.25, -0.2) is 9.78 Å². The maximum atomic E-state index is 12.2. The third-order valence-corrected chi connectivity index (χ3v) is 3.62. The molecule has 2 heterocycles. The SMILES string of the molecule is Cc1cccn2cc(-c3ccccc3NC(=O)NC(C)(C)C)nc12. The van der Waals surface area contributed by atoms with Gasteiger partial charge in [-0.05, 0) is 45.4 Å². The lowest BCUT2D eigenvalue weighted by molar-refractivity contribution is 0.244. The first kappa shape index (κ1) is 16.1. The van der Waals surface area contributed by atoms with Crippen molar-refractivity contribution in [1.82, 2.24) is 14.7 Å². The number of anilines is 1. The summed E-state index contributed by atoms with van der Waals surface area (Å²) in [5.74, 6) is 0.